The van der Waals surface area contributed by atoms with Crippen molar-refractivity contribution in [2.45, 2.75) is 161 Å². The van der Waals surface area contributed by atoms with E-state index in [0.717, 1.165) is 43.3 Å². The van der Waals surface area contributed by atoms with Crippen LogP contribution in [0.4, 0.5) is 28.4 Å². The van der Waals surface area contributed by atoms with Gasteiger partial charge in [0.05, 0.1) is 0 Å². The Kier molecular flexibility index (Phi) is 9.22. The van der Waals surface area contributed by atoms with Crippen LogP contribution in [0.25, 0.3) is 44.2 Å². The Morgan fingerprint density at radius 1 is 0.437 bits per heavy atom. The van der Waals surface area contributed by atoms with Crippen LogP contribution in [0.15, 0.2) is 126 Å². The van der Waals surface area contributed by atoms with E-state index in [4.69, 9.17) is 4.42 Å². The number of benzene rings is 7. The van der Waals surface area contributed by atoms with Crippen molar-refractivity contribution in [1.29, 1.82) is 0 Å². The summed E-state index contributed by atoms with van der Waals surface area (Å²) in [7, 11) is 0. The molecule has 4 heteroatoms. The maximum Gasteiger partial charge on any atom is 0.333 e. The molecule has 0 saturated heterocycles. The zero-order valence-electron chi connectivity index (χ0n) is 44.7. The number of nitrogens with zero attached hydrogens (tertiary/aromatic N) is 2. The predicted molar refractivity (Wildman–Crippen MR) is 303 cm³/mol. The van der Waals surface area contributed by atoms with Gasteiger partial charge in [-0.2, -0.15) is 0 Å². The van der Waals surface area contributed by atoms with Gasteiger partial charge in [-0.25, -0.2) is 0 Å². The molecule has 3 nitrogen and oxygen atoms in total. The molecule has 0 amide bonds. The van der Waals surface area contributed by atoms with E-state index < -0.39 is 0 Å². The van der Waals surface area contributed by atoms with Crippen molar-refractivity contribution >= 4 is 68.1 Å². The van der Waals surface area contributed by atoms with Crippen molar-refractivity contribution < 1.29 is 4.42 Å². The summed E-state index contributed by atoms with van der Waals surface area (Å²) in [6, 6.07) is 47.5. The lowest BCUT2D eigenvalue weighted by molar-refractivity contribution is 0.331. The van der Waals surface area contributed by atoms with Gasteiger partial charge >= 0.3 is 6.85 Å². The average molecular weight is 931 g/mol. The molecule has 0 spiro atoms. The second kappa shape index (κ2) is 14.6. The SMILES string of the molecule is Cc1cc2c(cc1N1c3cc4c(cc3B3c5c1cc1oc6ccccc6c1c5-c1cc5c(cc1N3c1ccc(-c3ccccc3)cc1)C(C)(C)CCC5(C)C)C(C)(C)CCC4(C)C)C(C)(C)CCC2(C)C. The Morgan fingerprint density at radius 3 is 1.51 bits per heavy atom. The molecule has 0 radical (unpaired) electrons. The number of hydrogen-bond acceptors (Lipinski definition) is 3. The molecule has 3 heterocycles. The molecule has 0 fully saturated rings. The van der Waals surface area contributed by atoms with E-state index in [0.29, 0.717) is 0 Å². The lowest BCUT2D eigenvalue weighted by atomic mass is 9.42. The van der Waals surface area contributed by atoms with E-state index >= 15 is 0 Å². The highest BCUT2D eigenvalue weighted by Crippen LogP contribution is 2.58. The van der Waals surface area contributed by atoms with Gasteiger partial charge < -0.3 is 14.1 Å². The second-order valence-corrected chi connectivity index (χ2v) is 26.5. The molecule has 0 atom stereocenters. The fourth-order valence-corrected chi connectivity index (χ4v) is 14.3. The molecule has 5 aliphatic rings. The maximum atomic E-state index is 7.15. The predicted octanol–water partition coefficient (Wildman–Crippen LogP) is 17.3. The summed E-state index contributed by atoms with van der Waals surface area (Å²) in [5.74, 6) is 0. The van der Waals surface area contributed by atoms with E-state index in [2.05, 4.69) is 221 Å². The normalized spacial score (nSPS) is 20.2. The second-order valence-electron chi connectivity index (χ2n) is 26.5. The van der Waals surface area contributed by atoms with Gasteiger partial charge in [0.1, 0.15) is 11.2 Å². The monoisotopic (exact) mass is 931 g/mol. The van der Waals surface area contributed by atoms with Gasteiger partial charge in [-0.3, -0.25) is 0 Å². The number of rotatable bonds is 3. The number of para-hydroxylation sites is 1. The minimum Gasteiger partial charge on any atom is -0.456 e. The summed E-state index contributed by atoms with van der Waals surface area (Å²) >= 11 is 0. The smallest absolute Gasteiger partial charge is 0.333 e. The lowest BCUT2D eigenvalue weighted by Gasteiger charge is -2.50. The van der Waals surface area contributed by atoms with E-state index in [9.17, 15) is 0 Å². The first kappa shape index (κ1) is 44.9. The highest BCUT2D eigenvalue weighted by Gasteiger charge is 2.51. The molecule has 71 heavy (non-hydrogen) atoms. The summed E-state index contributed by atoms with van der Waals surface area (Å²) in [4.78, 5) is 5.49. The molecule has 0 N–H and O–H groups in total. The minimum atomic E-state index is -0.128. The first-order chi connectivity index (χ1) is 33.6. The molecule has 2 aliphatic heterocycles. The highest BCUT2D eigenvalue weighted by molar-refractivity contribution is 6.94. The van der Waals surface area contributed by atoms with Gasteiger partial charge in [0.25, 0.3) is 0 Å². The Bertz CT molecular complexity index is 3560. The van der Waals surface area contributed by atoms with Crippen LogP contribution >= 0.6 is 0 Å². The number of hydrogen-bond donors (Lipinski definition) is 0. The van der Waals surface area contributed by atoms with Crippen LogP contribution in [0.1, 0.15) is 161 Å². The average Bonchev–Trinajstić information content (AvgIpc) is 3.71. The zero-order valence-corrected chi connectivity index (χ0v) is 44.7. The number of fused-ring (bicyclic) bond motifs is 11. The fraction of sp³-hybridized carbons (Fsp3) is 0.373. The summed E-state index contributed by atoms with van der Waals surface area (Å²) < 4.78 is 7.15. The molecule has 7 aromatic carbocycles. The summed E-state index contributed by atoms with van der Waals surface area (Å²) in [5.41, 5.74) is 26.5. The minimum absolute atomic E-state index is 0.0132. The third-order valence-electron chi connectivity index (χ3n) is 19.2. The highest BCUT2D eigenvalue weighted by atomic mass is 16.3. The number of aryl methyl sites for hydroxylation is 1. The van der Waals surface area contributed by atoms with E-state index in [1.165, 1.54) is 118 Å². The summed E-state index contributed by atoms with van der Waals surface area (Å²) in [6.45, 7) is 32.0. The van der Waals surface area contributed by atoms with E-state index in [1.54, 1.807) is 0 Å². The van der Waals surface area contributed by atoms with Crippen LogP contribution in [-0.4, -0.2) is 6.85 Å². The van der Waals surface area contributed by atoms with E-state index in [1.807, 2.05) is 0 Å². The van der Waals surface area contributed by atoms with Gasteiger partial charge in [-0.15, -0.1) is 0 Å². The lowest BCUT2D eigenvalue weighted by Crippen LogP contribution is -2.62. The van der Waals surface area contributed by atoms with Crippen molar-refractivity contribution in [2.75, 3.05) is 9.71 Å². The van der Waals surface area contributed by atoms with Crippen molar-refractivity contribution in [3.05, 3.63) is 160 Å². The van der Waals surface area contributed by atoms with Crippen LogP contribution in [0, 0.1) is 6.92 Å². The standard InChI is InChI=1S/C67H71BN2O/c1-40-33-46-49(65(8,9)30-27-62(46,2)3)36-53(40)69-55-38-51-48(64(6,7)29-32-67(51,12)13)35-52(55)68-61-56(69)39-58-59(44-21-17-18-22-57(44)71-58)60(61)45-34-47-50(66(10,11)31-28-63(47,4)5)37-54(45)70(68)43-25-23-42(24-26-43)41-19-15-14-16-20-41/h14-26,33-39H,27-32H2,1-13H3. The van der Waals surface area contributed by atoms with Crippen LogP contribution in [0.3, 0.4) is 0 Å². The molecule has 358 valence electrons. The van der Waals surface area contributed by atoms with E-state index in [-0.39, 0.29) is 39.3 Å². The Hall–Kier alpha value is -6.00. The molecule has 0 bridgehead atoms. The molecular weight excluding hydrogens is 860 g/mol. The van der Waals surface area contributed by atoms with Crippen molar-refractivity contribution in [3.63, 3.8) is 0 Å². The third-order valence-corrected chi connectivity index (χ3v) is 19.2. The third kappa shape index (κ3) is 6.41. The summed E-state index contributed by atoms with van der Waals surface area (Å²) in [5, 5.41) is 2.41. The first-order valence-electron chi connectivity index (χ1n) is 26.8. The maximum absolute atomic E-state index is 7.15. The van der Waals surface area contributed by atoms with Crippen LogP contribution in [0.5, 0.6) is 0 Å². The van der Waals surface area contributed by atoms with Crippen LogP contribution < -0.4 is 20.6 Å². The summed E-state index contributed by atoms with van der Waals surface area (Å²) in [6.07, 6.45) is 6.97. The van der Waals surface area contributed by atoms with Crippen molar-refractivity contribution in [1.82, 2.24) is 0 Å². The van der Waals surface area contributed by atoms with Gasteiger partial charge in [0.15, 0.2) is 0 Å². The first-order valence-corrected chi connectivity index (χ1v) is 26.8. The van der Waals surface area contributed by atoms with Crippen molar-refractivity contribution in [3.8, 4) is 22.3 Å². The Morgan fingerprint density at radius 2 is 0.915 bits per heavy atom. The number of anilines is 5. The molecule has 13 rings (SSSR count). The molecule has 8 aromatic rings. The van der Waals surface area contributed by atoms with Gasteiger partial charge in [-0.05, 0) is 187 Å². The van der Waals surface area contributed by atoms with Gasteiger partial charge in [-0.1, -0.05) is 156 Å². The quantitative estimate of drug-likeness (QED) is 0.165. The number of furan rings is 1. The van der Waals surface area contributed by atoms with Gasteiger partial charge in [0.2, 0.25) is 0 Å². The Balaban J connectivity index is 1.21. The van der Waals surface area contributed by atoms with Gasteiger partial charge in [0, 0.05) is 50.8 Å². The molecular formula is C67H71BN2O. The zero-order chi connectivity index (χ0) is 49.5. The molecule has 3 aliphatic carbocycles. The molecule has 0 saturated carbocycles. The fourth-order valence-electron chi connectivity index (χ4n) is 14.3. The largest absolute Gasteiger partial charge is 0.456 e. The molecule has 1 aromatic heterocycles. The van der Waals surface area contributed by atoms with Crippen molar-refractivity contribution in [2.24, 2.45) is 0 Å². The topological polar surface area (TPSA) is 19.6 Å². The van der Waals surface area contributed by atoms with Crippen LogP contribution in [-0.2, 0) is 32.5 Å². The molecule has 0 unspecified atom stereocenters. The Labute approximate surface area is 423 Å². The van der Waals surface area contributed by atoms with Crippen LogP contribution in [0.2, 0.25) is 0 Å².